The number of rotatable bonds is 4. The number of terminal acetylenes is 1. The Morgan fingerprint density at radius 1 is 1.24 bits per heavy atom. The van der Waals surface area contributed by atoms with E-state index in [1.165, 1.54) is 21.7 Å². The molecule has 0 spiro atoms. The van der Waals surface area contributed by atoms with E-state index in [-0.39, 0.29) is 47.6 Å². The highest BCUT2D eigenvalue weighted by Gasteiger charge is 2.40. The van der Waals surface area contributed by atoms with Crippen LogP contribution >= 0.6 is 0 Å². The SMILES string of the molecule is C#Cc1cccc(S(=O)(=O)F)c1Cn1nnc2c(N3CCC(F)(F)C3)nc(C(C)(C)C)nc21. The van der Waals surface area contributed by atoms with Gasteiger partial charge in [-0.1, -0.05) is 38.0 Å². The van der Waals surface area contributed by atoms with E-state index in [1.807, 2.05) is 20.8 Å². The Labute approximate surface area is 189 Å². The summed E-state index contributed by atoms with van der Waals surface area (Å²) >= 11 is 0. The molecule has 0 radical (unpaired) electrons. The third kappa shape index (κ3) is 4.37. The van der Waals surface area contributed by atoms with E-state index in [4.69, 9.17) is 6.42 Å². The molecule has 0 saturated carbocycles. The standard InChI is InChI=1S/C21H21F3N6O2S/c1-5-13-7-6-8-15(33(24,31)32)14(13)11-30-18-16(27-28-30)17(25-19(26-18)20(2,3)4)29-10-9-21(22,23)12-29/h1,6-8H,9-12H2,2-4H3. The maximum absolute atomic E-state index is 14.0. The van der Waals surface area contributed by atoms with E-state index in [0.717, 1.165) is 6.07 Å². The van der Waals surface area contributed by atoms with Crippen LogP contribution in [0.15, 0.2) is 23.1 Å². The van der Waals surface area contributed by atoms with Gasteiger partial charge in [0.05, 0.1) is 13.1 Å². The van der Waals surface area contributed by atoms with Crippen LogP contribution in [0.2, 0.25) is 0 Å². The van der Waals surface area contributed by atoms with Crippen LogP contribution in [0.25, 0.3) is 11.2 Å². The van der Waals surface area contributed by atoms with Gasteiger partial charge in [-0.25, -0.2) is 23.4 Å². The first-order chi connectivity index (χ1) is 15.3. The van der Waals surface area contributed by atoms with Crippen LogP contribution < -0.4 is 4.90 Å². The van der Waals surface area contributed by atoms with E-state index in [2.05, 4.69) is 26.2 Å². The predicted molar refractivity (Wildman–Crippen MR) is 115 cm³/mol. The van der Waals surface area contributed by atoms with E-state index in [1.54, 1.807) is 0 Å². The van der Waals surface area contributed by atoms with Gasteiger partial charge in [0, 0.05) is 29.5 Å². The lowest BCUT2D eigenvalue weighted by atomic mass is 9.96. The molecule has 1 fully saturated rings. The maximum atomic E-state index is 14.0. The Kier molecular flexibility index (Phi) is 5.35. The Bertz CT molecular complexity index is 1390. The molecule has 174 valence electrons. The molecule has 1 saturated heterocycles. The lowest BCUT2D eigenvalue weighted by molar-refractivity contribution is 0.0257. The highest BCUT2D eigenvalue weighted by molar-refractivity contribution is 7.86. The van der Waals surface area contributed by atoms with E-state index in [9.17, 15) is 21.1 Å². The number of aromatic nitrogens is 5. The average molecular weight is 479 g/mol. The number of hydrogen-bond donors (Lipinski definition) is 0. The van der Waals surface area contributed by atoms with Crippen LogP contribution in [0.1, 0.15) is 44.1 Å². The average Bonchev–Trinajstić information content (AvgIpc) is 3.28. The summed E-state index contributed by atoms with van der Waals surface area (Å²) in [6.45, 7) is 4.93. The maximum Gasteiger partial charge on any atom is 0.332 e. The third-order valence-corrected chi connectivity index (χ3v) is 6.25. The first-order valence-corrected chi connectivity index (χ1v) is 11.5. The molecule has 0 unspecified atom stereocenters. The Hall–Kier alpha value is -3.20. The largest absolute Gasteiger partial charge is 0.348 e. The number of halogens is 3. The van der Waals surface area contributed by atoms with Crippen LogP contribution in [0.5, 0.6) is 0 Å². The van der Waals surface area contributed by atoms with Gasteiger partial charge in [0.25, 0.3) is 5.92 Å². The summed E-state index contributed by atoms with van der Waals surface area (Å²) in [4.78, 5) is 9.90. The number of anilines is 1. The van der Waals surface area contributed by atoms with Crippen LogP contribution in [-0.4, -0.2) is 52.4 Å². The summed E-state index contributed by atoms with van der Waals surface area (Å²) < 4.78 is 66.5. The molecular formula is C21H21F3N6O2S. The summed E-state index contributed by atoms with van der Waals surface area (Å²) in [5.41, 5.74) is 0.0313. The van der Waals surface area contributed by atoms with Gasteiger partial charge in [0.2, 0.25) is 0 Å². The highest BCUT2D eigenvalue weighted by atomic mass is 32.3. The zero-order valence-corrected chi connectivity index (χ0v) is 19.0. The van der Waals surface area contributed by atoms with Gasteiger partial charge in [0.15, 0.2) is 17.0 Å². The number of hydrogen-bond acceptors (Lipinski definition) is 7. The molecule has 0 aliphatic carbocycles. The van der Waals surface area contributed by atoms with Gasteiger partial charge in [-0.3, -0.25) is 0 Å². The number of nitrogens with zero attached hydrogens (tertiary/aromatic N) is 6. The van der Waals surface area contributed by atoms with Crippen molar-refractivity contribution in [2.24, 2.45) is 0 Å². The summed E-state index contributed by atoms with van der Waals surface area (Å²) in [5.74, 6) is 0.0838. The molecular weight excluding hydrogens is 457 g/mol. The molecule has 1 aliphatic rings. The fourth-order valence-electron chi connectivity index (χ4n) is 3.66. The monoisotopic (exact) mass is 478 g/mol. The molecule has 8 nitrogen and oxygen atoms in total. The van der Waals surface area contributed by atoms with Crippen molar-refractivity contribution in [2.45, 2.75) is 50.0 Å². The number of benzene rings is 1. The minimum atomic E-state index is -5.07. The molecule has 3 heterocycles. The first kappa shape index (κ1) is 23.0. The van der Waals surface area contributed by atoms with Crippen LogP contribution in [0, 0.1) is 12.3 Å². The summed E-state index contributed by atoms with van der Waals surface area (Å²) in [6.07, 6.45) is 5.19. The second-order valence-corrected chi connectivity index (χ2v) is 10.2. The van der Waals surface area contributed by atoms with Gasteiger partial charge in [0.1, 0.15) is 10.7 Å². The molecule has 3 aromatic rings. The molecule has 0 amide bonds. The minimum absolute atomic E-state index is 0.0134. The minimum Gasteiger partial charge on any atom is -0.348 e. The number of alkyl halides is 2. The summed E-state index contributed by atoms with van der Waals surface area (Å²) in [5, 5.41) is 8.13. The lowest BCUT2D eigenvalue weighted by Crippen LogP contribution is -2.27. The van der Waals surface area contributed by atoms with Crippen molar-refractivity contribution in [3.05, 3.63) is 35.2 Å². The normalized spacial score (nSPS) is 16.3. The molecule has 4 rings (SSSR count). The fourth-order valence-corrected chi connectivity index (χ4v) is 4.37. The Morgan fingerprint density at radius 3 is 2.55 bits per heavy atom. The van der Waals surface area contributed by atoms with Gasteiger partial charge in [-0.05, 0) is 12.1 Å². The molecule has 0 N–H and O–H groups in total. The molecule has 12 heteroatoms. The second-order valence-electron chi connectivity index (χ2n) is 8.93. The molecule has 1 aliphatic heterocycles. The van der Waals surface area contributed by atoms with Crippen LogP contribution in [0.3, 0.4) is 0 Å². The van der Waals surface area contributed by atoms with Crippen molar-refractivity contribution in [3.63, 3.8) is 0 Å². The first-order valence-electron chi connectivity index (χ1n) is 10.1. The van der Waals surface area contributed by atoms with Gasteiger partial charge < -0.3 is 4.90 Å². The van der Waals surface area contributed by atoms with Crippen molar-refractivity contribution in [3.8, 4) is 12.3 Å². The lowest BCUT2D eigenvalue weighted by Gasteiger charge is -2.22. The predicted octanol–water partition coefficient (Wildman–Crippen LogP) is 3.05. The molecule has 33 heavy (non-hydrogen) atoms. The smallest absolute Gasteiger partial charge is 0.332 e. The van der Waals surface area contributed by atoms with Crippen molar-refractivity contribution in [2.75, 3.05) is 18.0 Å². The van der Waals surface area contributed by atoms with Crippen molar-refractivity contribution in [1.82, 2.24) is 25.0 Å². The molecule has 1 aromatic carbocycles. The molecule has 0 atom stereocenters. The van der Waals surface area contributed by atoms with E-state index in [0.29, 0.717) is 5.82 Å². The van der Waals surface area contributed by atoms with Gasteiger partial charge in [-0.15, -0.1) is 15.4 Å². The van der Waals surface area contributed by atoms with Crippen molar-refractivity contribution < 1.29 is 21.1 Å². The molecule has 2 aromatic heterocycles. The zero-order valence-electron chi connectivity index (χ0n) is 18.2. The highest BCUT2D eigenvalue weighted by Crippen LogP contribution is 2.34. The van der Waals surface area contributed by atoms with E-state index >= 15 is 0 Å². The number of fused-ring (bicyclic) bond motifs is 1. The summed E-state index contributed by atoms with van der Waals surface area (Å²) in [7, 11) is -5.07. The summed E-state index contributed by atoms with van der Waals surface area (Å²) in [6, 6.07) is 3.94. The van der Waals surface area contributed by atoms with Crippen LogP contribution in [0.4, 0.5) is 18.5 Å². The third-order valence-electron chi connectivity index (χ3n) is 5.34. The quantitative estimate of drug-likeness (QED) is 0.420. The van der Waals surface area contributed by atoms with Crippen molar-refractivity contribution >= 4 is 27.2 Å². The molecule has 0 bridgehead atoms. The zero-order chi connectivity index (χ0) is 24.2. The second kappa shape index (κ2) is 7.69. The van der Waals surface area contributed by atoms with Gasteiger partial charge in [-0.2, -0.15) is 8.42 Å². The fraction of sp³-hybridized carbons (Fsp3) is 0.429. The Balaban J connectivity index is 1.90. The van der Waals surface area contributed by atoms with E-state index < -0.39 is 33.0 Å². The van der Waals surface area contributed by atoms with Crippen molar-refractivity contribution in [1.29, 1.82) is 0 Å². The topological polar surface area (TPSA) is 93.9 Å². The van der Waals surface area contributed by atoms with Crippen LogP contribution in [-0.2, 0) is 22.2 Å². The Morgan fingerprint density at radius 2 is 1.97 bits per heavy atom. The van der Waals surface area contributed by atoms with Gasteiger partial charge >= 0.3 is 10.2 Å².